The van der Waals surface area contributed by atoms with Crippen LogP contribution in [0.5, 0.6) is 0 Å². The van der Waals surface area contributed by atoms with Gasteiger partial charge in [-0.25, -0.2) is 29.9 Å². The first kappa shape index (κ1) is 54.2. The van der Waals surface area contributed by atoms with Gasteiger partial charge >= 0.3 is 0 Å². The molecule has 0 fully saturated rings. The van der Waals surface area contributed by atoms with E-state index in [4.69, 9.17) is 29.9 Å². The van der Waals surface area contributed by atoms with Crippen molar-refractivity contribution in [2.45, 2.75) is 60.3 Å². The summed E-state index contributed by atoms with van der Waals surface area (Å²) in [7, 11) is 0. The summed E-state index contributed by atoms with van der Waals surface area (Å²) in [6.07, 6.45) is 0.490. The highest BCUT2D eigenvalue weighted by molar-refractivity contribution is 6.12. The molecule has 0 saturated carbocycles. The lowest BCUT2D eigenvalue weighted by Crippen LogP contribution is -2.26. The SMILES string of the molecule is Cc1cc(C)cc(-c2nc(C(=O)c3nc(-c4cc(C)cc(C)c4)nc(-c4cc(C)cc(Cc5cccc(C(=O)c6ccc7c(c6)C6(c8ccccc8-c8ccc(C(=O)c9ccccc9)cc86)c6ccccc6-7)c5)c4)n3)nc(-c3cc(C)cc(C)c3)n2)c1. The highest BCUT2D eigenvalue weighted by Crippen LogP contribution is 2.63. The highest BCUT2D eigenvalue weighted by atomic mass is 16.1. The number of hydrogen-bond acceptors (Lipinski definition) is 9. The Balaban J connectivity index is 0.823. The molecule has 2 heterocycles. The summed E-state index contributed by atoms with van der Waals surface area (Å²) in [4.78, 5) is 74.0. The molecule has 9 heteroatoms. The Morgan fingerprint density at radius 2 is 0.655 bits per heavy atom. The molecule has 2 aliphatic carbocycles. The summed E-state index contributed by atoms with van der Waals surface area (Å²) in [5.74, 6) is 0.504. The van der Waals surface area contributed by atoms with E-state index in [1.165, 1.54) is 0 Å². The molecule has 1 atom stereocenters. The first-order valence-electron chi connectivity index (χ1n) is 29.3. The molecule has 2 aromatic heterocycles. The van der Waals surface area contributed by atoms with E-state index in [0.717, 1.165) is 111 Å². The van der Waals surface area contributed by atoms with Crippen molar-refractivity contribution in [1.29, 1.82) is 0 Å². The van der Waals surface area contributed by atoms with Crippen molar-refractivity contribution in [1.82, 2.24) is 29.9 Å². The zero-order valence-corrected chi connectivity index (χ0v) is 49.3. The van der Waals surface area contributed by atoms with Crippen molar-refractivity contribution < 1.29 is 14.4 Å². The van der Waals surface area contributed by atoms with E-state index < -0.39 is 11.2 Å². The molecule has 0 amide bonds. The first-order valence-corrected chi connectivity index (χ1v) is 29.3. The largest absolute Gasteiger partial charge is 0.289 e. The predicted octanol–water partition coefficient (Wildman–Crippen LogP) is 16.5. The predicted molar refractivity (Wildman–Crippen MR) is 343 cm³/mol. The molecule has 1 spiro atoms. The number of carbonyl (C=O) groups is 3. The molecule has 0 aliphatic heterocycles. The third-order valence-electron chi connectivity index (χ3n) is 16.8. The van der Waals surface area contributed by atoms with E-state index in [1.54, 1.807) is 0 Å². The van der Waals surface area contributed by atoms with E-state index in [2.05, 4.69) is 97.1 Å². The van der Waals surface area contributed by atoms with Crippen LogP contribution in [-0.4, -0.2) is 47.3 Å². The minimum Gasteiger partial charge on any atom is -0.289 e. The van der Waals surface area contributed by atoms with Gasteiger partial charge in [-0.2, -0.15) is 0 Å². The van der Waals surface area contributed by atoms with E-state index >= 15 is 9.59 Å². The van der Waals surface area contributed by atoms with Gasteiger partial charge in [-0.3, -0.25) is 14.4 Å². The molecule has 0 bridgehead atoms. The summed E-state index contributed by atoms with van der Waals surface area (Å²) >= 11 is 0. The highest BCUT2D eigenvalue weighted by Gasteiger charge is 2.52. The Morgan fingerprint density at radius 1 is 0.287 bits per heavy atom. The molecule has 14 rings (SSSR count). The van der Waals surface area contributed by atoms with Crippen LogP contribution in [0.2, 0.25) is 0 Å². The van der Waals surface area contributed by atoms with Crippen LogP contribution in [0.1, 0.15) is 121 Å². The summed E-state index contributed by atoms with van der Waals surface area (Å²) in [6.45, 7) is 14.2. The number of aromatic nitrogens is 6. The Kier molecular flexibility index (Phi) is 13.3. The van der Waals surface area contributed by atoms with Crippen LogP contribution in [0, 0.1) is 48.5 Å². The number of carbonyl (C=O) groups excluding carboxylic acids is 3. The maximum absolute atomic E-state index is 15.2. The van der Waals surface area contributed by atoms with Gasteiger partial charge in [-0.1, -0.05) is 185 Å². The molecule has 0 N–H and O–H groups in total. The molecule has 9 nitrogen and oxygen atoms in total. The van der Waals surface area contributed by atoms with Crippen LogP contribution < -0.4 is 0 Å². The second kappa shape index (κ2) is 21.4. The number of aryl methyl sites for hydroxylation is 7. The summed E-state index contributed by atoms with van der Waals surface area (Å²) in [6, 6.07) is 71.0. The maximum Gasteiger partial charge on any atom is 0.267 e. The molecule has 12 aromatic rings. The lowest BCUT2D eigenvalue weighted by atomic mass is 9.70. The molecule has 0 saturated heterocycles. The summed E-state index contributed by atoms with van der Waals surface area (Å²) in [5, 5.41) is 0. The average Bonchev–Trinajstić information content (AvgIpc) is 1.51. The fourth-order valence-electron chi connectivity index (χ4n) is 13.4. The Morgan fingerprint density at radius 3 is 1.11 bits per heavy atom. The minimum atomic E-state index is -0.778. The van der Waals surface area contributed by atoms with Crippen molar-refractivity contribution in [2.75, 3.05) is 0 Å². The van der Waals surface area contributed by atoms with Crippen LogP contribution in [-0.2, 0) is 11.8 Å². The van der Waals surface area contributed by atoms with Crippen molar-refractivity contribution in [3.05, 3.63) is 319 Å². The zero-order valence-electron chi connectivity index (χ0n) is 49.3. The van der Waals surface area contributed by atoms with Crippen molar-refractivity contribution in [3.63, 3.8) is 0 Å². The van der Waals surface area contributed by atoms with Crippen LogP contribution in [0.25, 0.3) is 67.8 Å². The molecule has 2 aliphatic rings. The average molecular weight is 1130 g/mol. The molecule has 0 radical (unpaired) electrons. The molecule has 418 valence electrons. The van der Waals surface area contributed by atoms with Crippen LogP contribution in [0.4, 0.5) is 0 Å². The Bertz CT molecular complexity index is 4750. The van der Waals surface area contributed by atoms with Gasteiger partial charge in [-0.05, 0) is 177 Å². The monoisotopic (exact) mass is 1130 g/mol. The van der Waals surface area contributed by atoms with Crippen LogP contribution in [0.3, 0.4) is 0 Å². The zero-order chi connectivity index (χ0) is 59.8. The topological polar surface area (TPSA) is 129 Å². The smallest absolute Gasteiger partial charge is 0.267 e. The summed E-state index contributed by atoms with van der Waals surface area (Å²) < 4.78 is 0. The van der Waals surface area contributed by atoms with E-state index in [9.17, 15) is 4.79 Å². The van der Waals surface area contributed by atoms with E-state index in [-0.39, 0.29) is 23.2 Å². The van der Waals surface area contributed by atoms with Crippen LogP contribution in [0.15, 0.2) is 212 Å². The second-order valence-electron chi connectivity index (χ2n) is 23.5. The number of benzene rings is 10. The number of fused-ring (bicyclic) bond motifs is 10. The van der Waals surface area contributed by atoms with Gasteiger partial charge < -0.3 is 0 Å². The molecule has 87 heavy (non-hydrogen) atoms. The van der Waals surface area contributed by atoms with E-state index in [1.807, 2.05) is 164 Å². The van der Waals surface area contributed by atoms with Gasteiger partial charge in [0.25, 0.3) is 5.78 Å². The lowest BCUT2D eigenvalue weighted by molar-refractivity contribution is 0.101. The van der Waals surface area contributed by atoms with Gasteiger partial charge in [0.1, 0.15) is 0 Å². The number of ketones is 3. The maximum atomic E-state index is 15.2. The number of rotatable bonds is 12. The molecule has 1 unspecified atom stereocenters. The third-order valence-corrected chi connectivity index (χ3v) is 16.8. The second-order valence-corrected chi connectivity index (χ2v) is 23.5. The third kappa shape index (κ3) is 9.77. The number of hydrogen-bond donors (Lipinski definition) is 0. The quantitative estimate of drug-likeness (QED) is 0.110. The standard InChI is InChI=1S/C78H58N6O3/c1-44-28-45(2)33-57(32-44)72-79-73(58-34-46(3)29-47(4)35-58)82-76(81-72)71(87)77-83-74(59-36-48(5)30-49(6)37-59)80-75(84-77)60-38-50(7)31-52(41-60)39-51-16-15-19-54(40-51)70(86)56-25-27-64-62-21-12-14-23-66(62)78(68(64)43-56)65-22-13-11-20-61(65)63-26-24-55(42-67(63)78)69(85)53-17-9-8-10-18-53/h8-38,40-43H,39H2,1-7H3. The van der Waals surface area contributed by atoms with E-state index in [0.29, 0.717) is 57.5 Å². The van der Waals surface area contributed by atoms with Gasteiger partial charge in [0.15, 0.2) is 34.9 Å². The normalized spacial score (nSPS) is 13.5. The number of nitrogens with zero attached hydrogens (tertiary/aromatic N) is 6. The fourth-order valence-corrected chi connectivity index (χ4v) is 13.4. The Labute approximate surface area is 505 Å². The van der Waals surface area contributed by atoms with Crippen molar-refractivity contribution >= 4 is 17.3 Å². The molecular formula is C78H58N6O3. The van der Waals surface area contributed by atoms with Gasteiger partial charge in [0, 0.05) is 44.5 Å². The lowest BCUT2D eigenvalue weighted by Gasteiger charge is -2.31. The molecular weight excluding hydrogens is 1070 g/mol. The van der Waals surface area contributed by atoms with Crippen LogP contribution >= 0.6 is 0 Å². The Hall–Kier alpha value is -10.8. The first-order chi connectivity index (χ1) is 42.1. The van der Waals surface area contributed by atoms with Crippen molar-refractivity contribution in [3.8, 4) is 67.8 Å². The summed E-state index contributed by atoms with van der Waals surface area (Å²) in [5.41, 5.74) is 22.2. The minimum absolute atomic E-state index is 0.0426. The van der Waals surface area contributed by atoms with Gasteiger partial charge in [-0.15, -0.1) is 0 Å². The fraction of sp³-hybridized carbons (Fsp3) is 0.115. The molecule has 10 aromatic carbocycles. The van der Waals surface area contributed by atoms with Crippen molar-refractivity contribution in [2.24, 2.45) is 0 Å². The van der Waals surface area contributed by atoms with Gasteiger partial charge in [0.2, 0.25) is 11.6 Å². The van der Waals surface area contributed by atoms with Gasteiger partial charge in [0.05, 0.1) is 5.41 Å².